The van der Waals surface area contributed by atoms with E-state index in [4.69, 9.17) is 0 Å². The van der Waals surface area contributed by atoms with Gasteiger partial charge in [0.25, 0.3) is 0 Å². The third-order valence-electron chi connectivity index (χ3n) is 5.18. The number of likely N-dealkylation sites (tertiary alicyclic amines) is 1. The first kappa shape index (κ1) is 17.5. The molecule has 0 aromatic rings. The highest BCUT2D eigenvalue weighted by molar-refractivity contribution is 7.92. The molecule has 6 nitrogen and oxygen atoms in total. The normalized spacial score (nSPS) is 29.5. The maximum absolute atomic E-state index is 13.1. The van der Waals surface area contributed by atoms with E-state index in [1.165, 1.54) is 0 Å². The molecular weight excluding hydrogens is 351 g/mol. The van der Waals surface area contributed by atoms with Crippen LogP contribution in [0.1, 0.15) is 32.1 Å². The number of hydrogen-bond acceptors (Lipinski definition) is 4. The van der Waals surface area contributed by atoms with E-state index in [-0.39, 0.29) is 30.9 Å². The van der Waals surface area contributed by atoms with Crippen molar-refractivity contribution in [3.63, 3.8) is 0 Å². The zero-order valence-corrected chi connectivity index (χ0v) is 13.6. The number of rotatable bonds is 5. The number of hydrogen-bond donors (Lipinski definition) is 1. The molecule has 3 fully saturated rings. The van der Waals surface area contributed by atoms with Gasteiger partial charge in [-0.15, -0.1) is 0 Å². The van der Waals surface area contributed by atoms with Gasteiger partial charge < -0.3 is 10.0 Å². The van der Waals surface area contributed by atoms with Gasteiger partial charge in [0.2, 0.25) is 5.91 Å². The molecule has 0 unspecified atom stereocenters. The third-order valence-corrected chi connectivity index (χ3v) is 7.48. The first-order valence-electron chi connectivity index (χ1n) is 7.80. The quantitative estimate of drug-likeness (QED) is 0.786. The minimum atomic E-state index is -4.75. The molecule has 0 spiro atoms. The Labute approximate surface area is 136 Å². The zero-order chi connectivity index (χ0) is 17.9. The molecule has 1 N–H and O–H groups in total. The SMILES string of the molecule is O=C(O)[C@@H]1C[C@@H](S(=O)(=O)CC2CC2)CN1C(=O)C1(C(F)(F)F)CC1. The summed E-state index contributed by atoms with van der Waals surface area (Å²) < 4.78 is 64.0. The lowest BCUT2D eigenvalue weighted by Crippen LogP contribution is -2.48. The van der Waals surface area contributed by atoms with Gasteiger partial charge in [-0.3, -0.25) is 4.79 Å². The van der Waals surface area contributed by atoms with E-state index in [9.17, 15) is 36.3 Å². The van der Waals surface area contributed by atoms with E-state index in [0.29, 0.717) is 4.90 Å². The topological polar surface area (TPSA) is 91.8 Å². The molecule has 1 amide bonds. The summed E-state index contributed by atoms with van der Waals surface area (Å²) in [4.78, 5) is 24.3. The number of amides is 1. The molecular formula is C14H18F3NO5S. The molecule has 1 aliphatic heterocycles. The van der Waals surface area contributed by atoms with Crippen LogP contribution in [0.4, 0.5) is 13.2 Å². The minimum Gasteiger partial charge on any atom is -0.480 e. The van der Waals surface area contributed by atoms with Crippen molar-refractivity contribution in [2.75, 3.05) is 12.3 Å². The molecule has 136 valence electrons. The van der Waals surface area contributed by atoms with Gasteiger partial charge in [0, 0.05) is 6.54 Å². The molecule has 0 aromatic carbocycles. The molecule has 24 heavy (non-hydrogen) atoms. The number of alkyl halides is 3. The summed E-state index contributed by atoms with van der Waals surface area (Å²) in [5.74, 6) is -2.80. The van der Waals surface area contributed by atoms with Crippen molar-refractivity contribution in [3.8, 4) is 0 Å². The largest absolute Gasteiger partial charge is 0.480 e. The second kappa shape index (κ2) is 5.34. The van der Waals surface area contributed by atoms with Gasteiger partial charge in [-0.25, -0.2) is 13.2 Å². The van der Waals surface area contributed by atoms with Crippen LogP contribution in [0, 0.1) is 11.3 Å². The number of carboxylic acids is 1. The number of nitrogens with zero attached hydrogens (tertiary/aromatic N) is 1. The predicted molar refractivity (Wildman–Crippen MR) is 75.8 cm³/mol. The number of halogens is 3. The van der Waals surface area contributed by atoms with Crippen molar-refractivity contribution in [1.82, 2.24) is 4.90 Å². The molecule has 0 aromatic heterocycles. The van der Waals surface area contributed by atoms with Gasteiger partial charge in [-0.2, -0.15) is 13.2 Å². The highest BCUT2D eigenvalue weighted by atomic mass is 32.2. The zero-order valence-electron chi connectivity index (χ0n) is 12.8. The Balaban J connectivity index is 1.81. The Morgan fingerprint density at radius 1 is 1.21 bits per heavy atom. The van der Waals surface area contributed by atoms with Gasteiger partial charge in [-0.05, 0) is 38.0 Å². The summed E-state index contributed by atoms with van der Waals surface area (Å²) >= 11 is 0. The number of sulfone groups is 1. The van der Waals surface area contributed by atoms with Crippen LogP contribution in [0.3, 0.4) is 0 Å². The smallest absolute Gasteiger partial charge is 0.403 e. The molecule has 3 aliphatic rings. The Morgan fingerprint density at radius 3 is 2.21 bits per heavy atom. The summed E-state index contributed by atoms with van der Waals surface area (Å²) in [5, 5.41) is 8.12. The lowest BCUT2D eigenvalue weighted by atomic mass is 10.0. The highest BCUT2D eigenvalue weighted by Gasteiger charge is 2.70. The maximum atomic E-state index is 13.1. The van der Waals surface area contributed by atoms with Crippen molar-refractivity contribution in [2.24, 2.45) is 11.3 Å². The second-order valence-electron chi connectivity index (χ2n) is 7.02. The molecule has 1 saturated heterocycles. The van der Waals surface area contributed by atoms with Gasteiger partial charge in [0.05, 0.1) is 11.0 Å². The van der Waals surface area contributed by atoms with E-state index in [0.717, 1.165) is 12.8 Å². The standard InChI is InChI=1S/C14H18F3NO5S/c15-14(16,17)13(3-4-13)12(21)18-6-9(5-10(18)11(19)20)24(22,23)7-8-1-2-8/h8-10H,1-7H2,(H,19,20)/t9-,10+/m1/s1. The van der Waals surface area contributed by atoms with Crippen molar-refractivity contribution in [3.05, 3.63) is 0 Å². The van der Waals surface area contributed by atoms with Crippen LogP contribution >= 0.6 is 0 Å². The minimum absolute atomic E-state index is 0.0491. The molecule has 2 aliphatic carbocycles. The van der Waals surface area contributed by atoms with Crippen molar-refractivity contribution in [2.45, 2.75) is 49.6 Å². The summed E-state index contributed by atoms with van der Waals surface area (Å²) in [6.07, 6.45) is -4.28. The summed E-state index contributed by atoms with van der Waals surface area (Å²) in [6.45, 7) is -0.470. The Morgan fingerprint density at radius 2 is 1.79 bits per heavy atom. The fourth-order valence-electron chi connectivity index (χ4n) is 3.28. The van der Waals surface area contributed by atoms with Crippen LogP contribution in [0.15, 0.2) is 0 Å². The van der Waals surface area contributed by atoms with E-state index < -0.39 is 51.1 Å². The summed E-state index contributed by atoms with van der Waals surface area (Å²) in [7, 11) is -3.63. The van der Waals surface area contributed by atoms with E-state index >= 15 is 0 Å². The average Bonchev–Trinajstić information content (AvgIpc) is 3.34. The molecule has 1 heterocycles. The lowest BCUT2D eigenvalue weighted by Gasteiger charge is -2.28. The first-order valence-corrected chi connectivity index (χ1v) is 9.52. The lowest BCUT2D eigenvalue weighted by molar-refractivity contribution is -0.199. The van der Waals surface area contributed by atoms with Crippen molar-refractivity contribution in [1.29, 1.82) is 0 Å². The van der Waals surface area contributed by atoms with Crippen LogP contribution in [-0.2, 0) is 19.4 Å². The van der Waals surface area contributed by atoms with Crippen LogP contribution in [0.5, 0.6) is 0 Å². The Bertz CT molecular complexity index is 666. The van der Waals surface area contributed by atoms with Crippen LogP contribution in [0.2, 0.25) is 0 Å². The predicted octanol–water partition coefficient (Wildman–Crippen LogP) is 1.21. The van der Waals surface area contributed by atoms with Crippen LogP contribution < -0.4 is 0 Å². The van der Waals surface area contributed by atoms with Gasteiger partial charge in [0.1, 0.15) is 11.5 Å². The molecule has 2 saturated carbocycles. The van der Waals surface area contributed by atoms with Gasteiger partial charge in [-0.1, -0.05) is 0 Å². The number of aliphatic carboxylic acids is 1. The second-order valence-corrected chi connectivity index (χ2v) is 9.35. The van der Waals surface area contributed by atoms with Crippen molar-refractivity contribution >= 4 is 21.7 Å². The monoisotopic (exact) mass is 369 g/mol. The first-order chi connectivity index (χ1) is 11.0. The molecule has 10 heteroatoms. The maximum Gasteiger partial charge on any atom is 0.403 e. The van der Waals surface area contributed by atoms with Crippen LogP contribution in [0.25, 0.3) is 0 Å². The molecule has 2 atom stereocenters. The van der Waals surface area contributed by atoms with Crippen molar-refractivity contribution < 1.29 is 36.3 Å². The fraction of sp³-hybridized carbons (Fsp3) is 0.857. The fourth-order valence-corrected chi connectivity index (χ4v) is 5.41. The third kappa shape index (κ3) is 2.89. The number of carboxylic acid groups (broad SMARTS) is 1. The van der Waals surface area contributed by atoms with E-state index in [1.54, 1.807) is 0 Å². The number of carbonyl (C=O) groups is 2. The van der Waals surface area contributed by atoms with E-state index in [2.05, 4.69) is 0 Å². The molecule has 0 bridgehead atoms. The molecule has 0 radical (unpaired) electrons. The Hall–Kier alpha value is -1.32. The van der Waals surface area contributed by atoms with E-state index in [1.807, 2.05) is 0 Å². The van der Waals surface area contributed by atoms with Gasteiger partial charge in [0.15, 0.2) is 9.84 Å². The van der Waals surface area contributed by atoms with Crippen LogP contribution in [-0.4, -0.2) is 60.1 Å². The summed E-state index contributed by atoms with van der Waals surface area (Å²) in [5.41, 5.74) is -2.53. The molecule has 3 rings (SSSR count). The summed E-state index contributed by atoms with van der Waals surface area (Å²) in [6, 6.07) is -1.52. The highest BCUT2D eigenvalue weighted by Crippen LogP contribution is 2.59. The number of carbonyl (C=O) groups excluding carboxylic acids is 1. The van der Waals surface area contributed by atoms with Gasteiger partial charge >= 0.3 is 12.1 Å². The Kier molecular flexibility index (Phi) is 3.89. The average molecular weight is 369 g/mol.